The molecule has 1 aliphatic heterocycles. The number of rotatable bonds is 3. The van der Waals surface area contributed by atoms with E-state index in [0.29, 0.717) is 0 Å². The van der Waals surface area contributed by atoms with Gasteiger partial charge in [-0.2, -0.15) is 0 Å². The molecule has 0 saturated carbocycles. The van der Waals surface area contributed by atoms with Crippen molar-refractivity contribution in [3.05, 3.63) is 64.7 Å². The Balaban J connectivity index is 1.60. The standard InChI is InChI=1S/C20H26N2/c1-16-7-9-19(10-8-16)15-21-11-13-22(14-12-21)20-6-4-5-17(2)18(20)3/h4-10H,11-15H2,1-3H3/p+1. The lowest BCUT2D eigenvalue weighted by atomic mass is 10.1. The fourth-order valence-corrected chi connectivity index (χ4v) is 3.31. The molecular formula is C20H27N2+. The quantitative estimate of drug-likeness (QED) is 0.914. The van der Waals surface area contributed by atoms with Crippen LogP contribution in [-0.4, -0.2) is 26.2 Å². The van der Waals surface area contributed by atoms with Crippen molar-refractivity contribution in [3.63, 3.8) is 0 Å². The Kier molecular flexibility index (Phi) is 4.49. The summed E-state index contributed by atoms with van der Waals surface area (Å²) in [5.74, 6) is 0. The van der Waals surface area contributed by atoms with Crippen LogP contribution in [0, 0.1) is 20.8 Å². The summed E-state index contributed by atoms with van der Waals surface area (Å²) >= 11 is 0. The highest BCUT2D eigenvalue weighted by Gasteiger charge is 2.21. The van der Waals surface area contributed by atoms with Crippen LogP contribution in [0.2, 0.25) is 0 Å². The SMILES string of the molecule is Cc1ccc(C[NH+]2CCN(c3cccc(C)c3C)CC2)cc1. The number of nitrogens with one attached hydrogen (secondary N) is 1. The normalized spacial score (nSPS) is 16.0. The lowest BCUT2D eigenvalue weighted by Gasteiger charge is -2.34. The van der Waals surface area contributed by atoms with Crippen LogP contribution in [0.3, 0.4) is 0 Å². The molecule has 0 radical (unpaired) electrons. The lowest BCUT2D eigenvalue weighted by molar-refractivity contribution is -0.914. The number of hydrogen-bond acceptors (Lipinski definition) is 1. The van der Waals surface area contributed by atoms with Crippen molar-refractivity contribution in [1.82, 2.24) is 0 Å². The van der Waals surface area contributed by atoms with E-state index in [2.05, 4.69) is 68.1 Å². The average Bonchev–Trinajstić information content (AvgIpc) is 2.53. The third-order valence-electron chi connectivity index (χ3n) is 4.96. The molecule has 116 valence electrons. The molecule has 0 amide bonds. The number of benzene rings is 2. The Morgan fingerprint density at radius 1 is 0.909 bits per heavy atom. The first-order chi connectivity index (χ1) is 10.6. The topological polar surface area (TPSA) is 7.68 Å². The number of aryl methyl sites for hydroxylation is 2. The van der Waals surface area contributed by atoms with Gasteiger partial charge in [-0.3, -0.25) is 0 Å². The van der Waals surface area contributed by atoms with E-state index in [0.717, 1.165) is 19.6 Å². The van der Waals surface area contributed by atoms with Crippen molar-refractivity contribution >= 4 is 5.69 Å². The van der Waals surface area contributed by atoms with E-state index in [1.807, 2.05) is 0 Å². The van der Waals surface area contributed by atoms with Gasteiger partial charge in [0.15, 0.2) is 0 Å². The minimum atomic E-state index is 1.15. The monoisotopic (exact) mass is 295 g/mol. The van der Waals surface area contributed by atoms with E-state index in [-0.39, 0.29) is 0 Å². The Labute approximate surface area is 134 Å². The molecule has 1 aliphatic rings. The summed E-state index contributed by atoms with van der Waals surface area (Å²) in [7, 11) is 0. The maximum atomic E-state index is 2.56. The zero-order chi connectivity index (χ0) is 15.5. The van der Waals surface area contributed by atoms with Gasteiger partial charge in [0.05, 0.1) is 26.2 Å². The van der Waals surface area contributed by atoms with Crippen LogP contribution in [0.4, 0.5) is 5.69 Å². The molecule has 2 aromatic rings. The van der Waals surface area contributed by atoms with Gasteiger partial charge in [-0.05, 0) is 38.0 Å². The summed E-state index contributed by atoms with van der Waals surface area (Å²) < 4.78 is 0. The summed E-state index contributed by atoms with van der Waals surface area (Å²) in [6.45, 7) is 12.5. The first kappa shape index (κ1) is 15.1. The molecule has 0 unspecified atom stereocenters. The zero-order valence-electron chi connectivity index (χ0n) is 14.0. The van der Waals surface area contributed by atoms with E-state index in [1.54, 1.807) is 4.90 Å². The van der Waals surface area contributed by atoms with E-state index in [1.165, 1.54) is 41.0 Å². The molecular weight excluding hydrogens is 268 g/mol. The second-order valence-corrected chi connectivity index (χ2v) is 6.62. The van der Waals surface area contributed by atoms with E-state index in [4.69, 9.17) is 0 Å². The van der Waals surface area contributed by atoms with Crippen LogP contribution in [0.25, 0.3) is 0 Å². The second-order valence-electron chi connectivity index (χ2n) is 6.62. The van der Waals surface area contributed by atoms with Crippen molar-refractivity contribution in [1.29, 1.82) is 0 Å². The van der Waals surface area contributed by atoms with E-state index >= 15 is 0 Å². The molecule has 1 saturated heterocycles. The van der Waals surface area contributed by atoms with Crippen LogP contribution in [0.1, 0.15) is 22.3 Å². The van der Waals surface area contributed by atoms with Gasteiger partial charge in [0, 0.05) is 11.3 Å². The molecule has 2 aromatic carbocycles. The minimum absolute atomic E-state index is 1.15. The predicted molar refractivity (Wildman–Crippen MR) is 93.7 cm³/mol. The molecule has 1 heterocycles. The molecule has 1 fully saturated rings. The number of quaternary nitrogens is 1. The van der Waals surface area contributed by atoms with Gasteiger partial charge >= 0.3 is 0 Å². The van der Waals surface area contributed by atoms with Crippen molar-refractivity contribution in [2.24, 2.45) is 0 Å². The van der Waals surface area contributed by atoms with Gasteiger partial charge in [0.2, 0.25) is 0 Å². The zero-order valence-corrected chi connectivity index (χ0v) is 14.0. The largest absolute Gasteiger partial charge is 0.360 e. The summed E-state index contributed by atoms with van der Waals surface area (Å²) in [4.78, 5) is 4.26. The Morgan fingerprint density at radius 2 is 1.59 bits per heavy atom. The third kappa shape index (κ3) is 3.33. The van der Waals surface area contributed by atoms with Gasteiger partial charge in [-0.25, -0.2) is 0 Å². The highest BCUT2D eigenvalue weighted by Crippen LogP contribution is 2.22. The molecule has 2 nitrogen and oxygen atoms in total. The molecule has 1 N–H and O–H groups in total. The summed E-state index contributed by atoms with van der Waals surface area (Å²) in [6, 6.07) is 15.7. The first-order valence-corrected chi connectivity index (χ1v) is 8.34. The van der Waals surface area contributed by atoms with Crippen LogP contribution in [0.15, 0.2) is 42.5 Å². The smallest absolute Gasteiger partial charge is 0.103 e. The van der Waals surface area contributed by atoms with Crippen LogP contribution in [-0.2, 0) is 6.54 Å². The molecule has 3 rings (SSSR count). The van der Waals surface area contributed by atoms with Crippen LogP contribution < -0.4 is 9.80 Å². The lowest BCUT2D eigenvalue weighted by Crippen LogP contribution is -3.13. The van der Waals surface area contributed by atoms with Crippen molar-refractivity contribution in [3.8, 4) is 0 Å². The maximum Gasteiger partial charge on any atom is 0.103 e. The molecule has 2 heteroatoms. The highest BCUT2D eigenvalue weighted by atomic mass is 15.3. The first-order valence-electron chi connectivity index (χ1n) is 8.34. The highest BCUT2D eigenvalue weighted by molar-refractivity contribution is 5.56. The predicted octanol–water partition coefficient (Wildman–Crippen LogP) is 2.52. The fraction of sp³-hybridized carbons (Fsp3) is 0.400. The summed E-state index contributed by atoms with van der Waals surface area (Å²) in [5.41, 5.74) is 7.06. The fourth-order valence-electron chi connectivity index (χ4n) is 3.31. The molecule has 0 aromatic heterocycles. The van der Waals surface area contributed by atoms with Crippen molar-refractivity contribution in [2.45, 2.75) is 27.3 Å². The van der Waals surface area contributed by atoms with Crippen molar-refractivity contribution < 1.29 is 4.90 Å². The Morgan fingerprint density at radius 3 is 2.27 bits per heavy atom. The van der Waals surface area contributed by atoms with E-state index < -0.39 is 0 Å². The van der Waals surface area contributed by atoms with Gasteiger partial charge in [-0.1, -0.05) is 42.0 Å². The van der Waals surface area contributed by atoms with Crippen LogP contribution in [0.5, 0.6) is 0 Å². The minimum Gasteiger partial charge on any atom is -0.360 e. The number of hydrogen-bond donors (Lipinski definition) is 1. The Bertz CT molecular complexity index is 623. The molecule has 0 bridgehead atoms. The summed E-state index contributed by atoms with van der Waals surface area (Å²) in [6.07, 6.45) is 0. The number of anilines is 1. The number of piperazine rings is 1. The van der Waals surface area contributed by atoms with Crippen LogP contribution >= 0.6 is 0 Å². The Hall–Kier alpha value is -1.80. The third-order valence-corrected chi connectivity index (χ3v) is 4.96. The average molecular weight is 295 g/mol. The molecule has 0 atom stereocenters. The second kappa shape index (κ2) is 6.53. The number of nitrogens with zero attached hydrogens (tertiary/aromatic N) is 1. The molecule has 22 heavy (non-hydrogen) atoms. The van der Waals surface area contributed by atoms with Crippen molar-refractivity contribution in [2.75, 3.05) is 31.1 Å². The summed E-state index contributed by atoms with van der Waals surface area (Å²) in [5, 5.41) is 0. The van der Waals surface area contributed by atoms with Gasteiger partial charge in [0.1, 0.15) is 6.54 Å². The van der Waals surface area contributed by atoms with E-state index in [9.17, 15) is 0 Å². The van der Waals surface area contributed by atoms with Gasteiger partial charge in [-0.15, -0.1) is 0 Å². The molecule has 0 spiro atoms. The molecule has 0 aliphatic carbocycles. The van der Waals surface area contributed by atoms with Gasteiger partial charge in [0.25, 0.3) is 0 Å². The van der Waals surface area contributed by atoms with Gasteiger partial charge < -0.3 is 9.80 Å². The maximum absolute atomic E-state index is 2.56.